The Kier molecular flexibility index (Phi) is 4.47. The van der Waals surface area contributed by atoms with Gasteiger partial charge in [0.25, 0.3) is 0 Å². The highest BCUT2D eigenvalue weighted by molar-refractivity contribution is 6.29. The van der Waals surface area contributed by atoms with Gasteiger partial charge in [-0.3, -0.25) is 0 Å². The van der Waals surface area contributed by atoms with E-state index in [1.807, 2.05) is 27.7 Å². The molecule has 22 heavy (non-hydrogen) atoms. The summed E-state index contributed by atoms with van der Waals surface area (Å²) in [5.74, 6) is 0.225. The first kappa shape index (κ1) is 16.7. The Hall–Kier alpha value is -1.63. The van der Waals surface area contributed by atoms with E-state index in [-0.39, 0.29) is 22.2 Å². The summed E-state index contributed by atoms with van der Waals surface area (Å²) >= 11 is 5.75. The molecule has 120 valence electrons. The number of hydrogen-bond donors (Lipinski definition) is 2. The molecule has 1 saturated heterocycles. The van der Waals surface area contributed by atoms with Gasteiger partial charge < -0.3 is 10.6 Å². The van der Waals surface area contributed by atoms with Crippen molar-refractivity contribution in [2.45, 2.75) is 57.4 Å². The molecule has 1 aliphatic rings. The van der Waals surface area contributed by atoms with Gasteiger partial charge in [0, 0.05) is 16.0 Å². The molecule has 0 aliphatic carbocycles. The molecule has 0 bridgehead atoms. The van der Waals surface area contributed by atoms with E-state index in [0.29, 0.717) is 6.42 Å². The molecule has 0 amide bonds. The van der Waals surface area contributed by atoms with Crippen molar-refractivity contribution in [2.75, 3.05) is 5.32 Å². The number of piperidine rings is 1. The van der Waals surface area contributed by atoms with E-state index >= 15 is 0 Å². The van der Waals surface area contributed by atoms with Crippen LogP contribution in [-0.2, 0) is 0 Å². The lowest BCUT2D eigenvalue weighted by atomic mass is 9.78. The second kappa shape index (κ2) is 5.87. The first-order valence-corrected chi connectivity index (χ1v) is 7.31. The molecule has 1 aliphatic heterocycles. The minimum absolute atomic E-state index is 0.107. The Morgan fingerprint density at radius 3 is 2.77 bits per heavy atom. The van der Waals surface area contributed by atoms with E-state index in [9.17, 15) is 4.39 Å². The molecule has 7 nitrogen and oxygen atoms in total. The SMILES string of the molecule is CC1(C)C[C@H](Nc2nnc(Cl)cc2N=[N+]=[N-])[C@H](F)C(C)(C)N1. The predicted octanol–water partition coefficient (Wildman–Crippen LogP) is 3.74. The summed E-state index contributed by atoms with van der Waals surface area (Å²) < 4.78 is 14.7. The van der Waals surface area contributed by atoms with Crippen molar-refractivity contribution in [3.8, 4) is 0 Å². The predicted molar refractivity (Wildman–Crippen MR) is 84.1 cm³/mol. The van der Waals surface area contributed by atoms with Crippen LogP contribution in [0.4, 0.5) is 15.9 Å². The minimum atomic E-state index is -1.16. The van der Waals surface area contributed by atoms with E-state index in [0.717, 1.165) is 0 Å². The van der Waals surface area contributed by atoms with Crippen LogP contribution in [-0.4, -0.2) is 33.5 Å². The molecule has 2 heterocycles. The second-order valence-corrected chi connectivity index (χ2v) is 7.06. The van der Waals surface area contributed by atoms with Gasteiger partial charge in [-0.2, -0.15) is 0 Å². The molecule has 0 aromatic carbocycles. The second-order valence-electron chi connectivity index (χ2n) is 6.68. The Balaban J connectivity index is 2.31. The zero-order valence-electron chi connectivity index (χ0n) is 12.9. The summed E-state index contributed by atoms with van der Waals surface area (Å²) in [6.07, 6.45) is -0.616. The Bertz CT molecular complexity index is 612. The topological polar surface area (TPSA) is 98.6 Å². The average molecular weight is 328 g/mol. The first-order valence-electron chi connectivity index (χ1n) is 6.93. The standard InChI is InChI=1S/C13H19ClFN7/c1-12(2)6-8(10(15)13(3,4)21-12)17-11-7(18-22-16)5-9(14)19-20-11/h5,8,10,21H,6H2,1-4H3,(H,17,20)/t8-,10-/m0/s1. The van der Waals surface area contributed by atoms with Crippen molar-refractivity contribution < 1.29 is 4.39 Å². The van der Waals surface area contributed by atoms with Crippen molar-refractivity contribution in [2.24, 2.45) is 5.11 Å². The van der Waals surface area contributed by atoms with E-state index in [1.165, 1.54) is 6.07 Å². The maximum absolute atomic E-state index is 14.7. The van der Waals surface area contributed by atoms with E-state index in [1.54, 1.807) is 0 Å². The zero-order chi connectivity index (χ0) is 16.5. The molecular weight excluding hydrogens is 309 g/mol. The fourth-order valence-electron chi connectivity index (χ4n) is 3.03. The number of aromatic nitrogens is 2. The number of halogens is 2. The molecule has 0 radical (unpaired) electrons. The highest BCUT2D eigenvalue weighted by atomic mass is 35.5. The van der Waals surface area contributed by atoms with E-state index in [2.05, 4.69) is 30.9 Å². The third kappa shape index (κ3) is 3.58. The summed E-state index contributed by atoms with van der Waals surface area (Å²) in [6.45, 7) is 7.65. The normalized spacial score (nSPS) is 26.1. The lowest BCUT2D eigenvalue weighted by Crippen LogP contribution is -2.67. The summed E-state index contributed by atoms with van der Waals surface area (Å²) in [7, 11) is 0. The van der Waals surface area contributed by atoms with Gasteiger partial charge in [0.2, 0.25) is 0 Å². The van der Waals surface area contributed by atoms with Gasteiger partial charge >= 0.3 is 0 Å². The van der Waals surface area contributed by atoms with E-state index in [4.69, 9.17) is 17.1 Å². The largest absolute Gasteiger partial charge is 0.362 e. The quantitative estimate of drug-likeness (QED) is 0.502. The van der Waals surface area contributed by atoms with Crippen LogP contribution < -0.4 is 10.6 Å². The number of anilines is 1. The van der Waals surface area contributed by atoms with E-state index < -0.39 is 17.8 Å². The van der Waals surface area contributed by atoms with Gasteiger partial charge in [0.1, 0.15) is 6.17 Å². The third-order valence-electron chi connectivity index (χ3n) is 3.65. The number of rotatable bonds is 3. The fraction of sp³-hybridized carbons (Fsp3) is 0.692. The summed E-state index contributed by atoms with van der Waals surface area (Å²) in [6, 6.07) is 0.899. The van der Waals surface area contributed by atoms with Crippen molar-refractivity contribution in [3.63, 3.8) is 0 Å². The van der Waals surface area contributed by atoms with Gasteiger partial charge in [-0.25, -0.2) is 4.39 Å². The lowest BCUT2D eigenvalue weighted by Gasteiger charge is -2.49. The molecule has 1 fully saturated rings. The van der Waals surface area contributed by atoms with Crippen molar-refractivity contribution in [1.82, 2.24) is 15.5 Å². The fourth-order valence-corrected chi connectivity index (χ4v) is 3.18. The summed E-state index contributed by atoms with van der Waals surface area (Å²) in [4.78, 5) is 2.73. The molecule has 0 spiro atoms. The molecule has 1 aromatic rings. The summed E-state index contributed by atoms with van der Waals surface area (Å²) in [5, 5.41) is 17.5. The van der Waals surface area contributed by atoms with Crippen LogP contribution in [0.5, 0.6) is 0 Å². The molecule has 1 aromatic heterocycles. The average Bonchev–Trinajstić information content (AvgIpc) is 2.37. The van der Waals surface area contributed by atoms with Gasteiger partial charge in [0.05, 0.1) is 11.7 Å². The van der Waals surface area contributed by atoms with Gasteiger partial charge in [-0.1, -0.05) is 16.7 Å². The smallest absolute Gasteiger partial charge is 0.158 e. The number of nitrogens with zero attached hydrogens (tertiary/aromatic N) is 5. The Morgan fingerprint density at radius 1 is 1.45 bits per heavy atom. The minimum Gasteiger partial charge on any atom is -0.362 e. The maximum Gasteiger partial charge on any atom is 0.158 e. The van der Waals surface area contributed by atoms with Crippen LogP contribution in [0, 0.1) is 0 Å². The zero-order valence-corrected chi connectivity index (χ0v) is 13.7. The van der Waals surface area contributed by atoms with Gasteiger partial charge in [-0.05, 0) is 45.7 Å². The van der Waals surface area contributed by atoms with Gasteiger partial charge in [0.15, 0.2) is 11.0 Å². The number of azide groups is 1. The summed E-state index contributed by atoms with van der Waals surface area (Å²) in [5.41, 5.74) is 7.87. The van der Waals surface area contributed by atoms with Crippen LogP contribution in [0.15, 0.2) is 11.2 Å². The van der Waals surface area contributed by atoms with Crippen LogP contribution in [0.2, 0.25) is 5.15 Å². The molecule has 0 unspecified atom stereocenters. The molecule has 0 saturated carbocycles. The number of hydrogen-bond acceptors (Lipinski definition) is 5. The third-order valence-corrected chi connectivity index (χ3v) is 3.84. The van der Waals surface area contributed by atoms with Crippen LogP contribution in [0.1, 0.15) is 34.1 Å². The van der Waals surface area contributed by atoms with Crippen molar-refractivity contribution in [3.05, 3.63) is 21.7 Å². The van der Waals surface area contributed by atoms with Crippen LogP contribution in [0.3, 0.4) is 0 Å². The number of alkyl halides is 1. The molecule has 2 atom stereocenters. The first-order chi connectivity index (χ1) is 10.1. The van der Waals surface area contributed by atoms with Crippen LogP contribution in [0.25, 0.3) is 10.4 Å². The van der Waals surface area contributed by atoms with Gasteiger partial charge in [-0.15, -0.1) is 10.2 Å². The molecular formula is C13H19ClFN7. The molecule has 2 rings (SSSR count). The Morgan fingerprint density at radius 2 is 2.14 bits per heavy atom. The highest BCUT2D eigenvalue weighted by Gasteiger charge is 2.46. The molecule has 2 N–H and O–H groups in total. The van der Waals surface area contributed by atoms with Crippen molar-refractivity contribution in [1.29, 1.82) is 0 Å². The maximum atomic E-state index is 14.7. The monoisotopic (exact) mass is 327 g/mol. The highest BCUT2D eigenvalue weighted by Crippen LogP contribution is 2.34. The van der Waals surface area contributed by atoms with Crippen LogP contribution >= 0.6 is 11.6 Å². The molecule has 9 heteroatoms. The Labute approximate surface area is 133 Å². The number of nitrogens with one attached hydrogen (secondary N) is 2. The lowest BCUT2D eigenvalue weighted by molar-refractivity contribution is 0.0655. The van der Waals surface area contributed by atoms with Crippen molar-refractivity contribution >= 4 is 23.1 Å².